The molecule has 0 saturated carbocycles. The number of rotatable bonds is 3. The largest absolute Gasteiger partial charge is 0.357 e. The average Bonchev–Trinajstić information content (AvgIpc) is 2.70. The van der Waals surface area contributed by atoms with Crippen molar-refractivity contribution in [2.75, 3.05) is 0 Å². The van der Waals surface area contributed by atoms with Crippen LogP contribution in [0, 0.1) is 6.92 Å². The monoisotopic (exact) mass is 237 g/mol. The highest BCUT2D eigenvalue weighted by Gasteiger charge is 2.15. The molecule has 0 radical (unpaired) electrons. The van der Waals surface area contributed by atoms with E-state index < -0.39 is 10.1 Å². The summed E-state index contributed by atoms with van der Waals surface area (Å²) in [5.41, 5.74) is 1.000. The Morgan fingerprint density at radius 1 is 1.06 bits per heavy atom. The van der Waals surface area contributed by atoms with Gasteiger partial charge in [-0.2, -0.15) is 13.1 Å². The first kappa shape index (κ1) is 10.8. The predicted molar refractivity (Wildman–Crippen MR) is 59.4 cm³/mol. The van der Waals surface area contributed by atoms with Crippen molar-refractivity contribution in [2.45, 2.75) is 11.8 Å². The van der Waals surface area contributed by atoms with E-state index in [2.05, 4.69) is 0 Å². The molecule has 0 spiro atoms. The molecule has 1 aromatic carbocycles. The maximum Gasteiger partial charge on any atom is 0.357 e. The minimum absolute atomic E-state index is 0.145. The second-order valence-electron chi connectivity index (χ2n) is 3.38. The lowest BCUT2D eigenvalue weighted by Gasteiger charge is -2.06. The molecule has 16 heavy (non-hydrogen) atoms. The zero-order chi connectivity index (χ0) is 11.6. The van der Waals surface area contributed by atoms with E-state index in [0.29, 0.717) is 0 Å². The maximum absolute atomic E-state index is 11.8. The van der Waals surface area contributed by atoms with Gasteiger partial charge in [-0.15, -0.1) is 0 Å². The van der Waals surface area contributed by atoms with Crippen molar-refractivity contribution < 1.29 is 12.7 Å². The number of nitrogens with zero attached hydrogens (tertiary/aromatic N) is 1. The van der Waals surface area contributed by atoms with Gasteiger partial charge in [-0.1, -0.05) is 17.7 Å². The molecule has 0 aliphatic carbocycles. The fraction of sp³-hybridized carbons (Fsp3) is 0.0909. The van der Waals surface area contributed by atoms with Crippen molar-refractivity contribution >= 4 is 10.1 Å². The van der Waals surface area contributed by atoms with Crippen molar-refractivity contribution in [3.8, 4) is 0 Å². The van der Waals surface area contributed by atoms with Crippen LogP contribution < -0.4 is 4.28 Å². The summed E-state index contributed by atoms with van der Waals surface area (Å²) >= 11 is 0. The highest BCUT2D eigenvalue weighted by atomic mass is 32.2. The van der Waals surface area contributed by atoms with Crippen LogP contribution >= 0.6 is 0 Å². The van der Waals surface area contributed by atoms with Gasteiger partial charge in [-0.25, -0.2) is 0 Å². The van der Waals surface area contributed by atoms with Crippen molar-refractivity contribution in [1.82, 2.24) is 4.73 Å². The maximum atomic E-state index is 11.8. The van der Waals surface area contributed by atoms with Crippen LogP contribution in [0.4, 0.5) is 0 Å². The summed E-state index contributed by atoms with van der Waals surface area (Å²) in [7, 11) is -3.74. The van der Waals surface area contributed by atoms with E-state index >= 15 is 0 Å². The van der Waals surface area contributed by atoms with Crippen LogP contribution in [0.5, 0.6) is 0 Å². The Morgan fingerprint density at radius 2 is 1.62 bits per heavy atom. The van der Waals surface area contributed by atoms with Crippen LogP contribution in [-0.4, -0.2) is 13.1 Å². The summed E-state index contributed by atoms with van der Waals surface area (Å²) in [6.45, 7) is 1.89. The number of aromatic nitrogens is 1. The van der Waals surface area contributed by atoms with Gasteiger partial charge >= 0.3 is 10.1 Å². The molecule has 0 bridgehead atoms. The summed E-state index contributed by atoms with van der Waals surface area (Å²) in [6.07, 6.45) is 3.04. The van der Waals surface area contributed by atoms with Crippen LogP contribution in [-0.2, 0) is 10.1 Å². The number of benzene rings is 1. The Kier molecular flexibility index (Phi) is 2.70. The molecule has 2 rings (SSSR count). The fourth-order valence-electron chi connectivity index (χ4n) is 1.23. The fourth-order valence-corrected chi connectivity index (χ4v) is 2.11. The first-order chi connectivity index (χ1) is 7.58. The van der Waals surface area contributed by atoms with Gasteiger partial charge in [0, 0.05) is 12.4 Å². The van der Waals surface area contributed by atoms with E-state index in [-0.39, 0.29) is 4.90 Å². The average molecular weight is 237 g/mol. The molecular formula is C11H11NO3S. The van der Waals surface area contributed by atoms with Gasteiger partial charge in [0.05, 0.1) is 0 Å². The van der Waals surface area contributed by atoms with Crippen molar-refractivity contribution in [3.05, 3.63) is 54.4 Å². The molecule has 1 aromatic heterocycles. The summed E-state index contributed by atoms with van der Waals surface area (Å²) < 4.78 is 29.5. The number of aryl methyl sites for hydroxylation is 1. The topological polar surface area (TPSA) is 48.3 Å². The third-order valence-corrected chi connectivity index (χ3v) is 3.29. The highest BCUT2D eigenvalue weighted by Crippen LogP contribution is 2.11. The quantitative estimate of drug-likeness (QED) is 0.815. The molecule has 0 atom stereocenters. The van der Waals surface area contributed by atoms with Gasteiger partial charge in [0.25, 0.3) is 0 Å². The zero-order valence-electron chi connectivity index (χ0n) is 8.70. The first-order valence-corrected chi connectivity index (χ1v) is 6.13. The molecule has 1 heterocycles. The molecule has 84 valence electrons. The van der Waals surface area contributed by atoms with Gasteiger partial charge in [-0.05, 0) is 31.2 Å². The van der Waals surface area contributed by atoms with E-state index in [0.717, 1.165) is 10.3 Å². The molecule has 0 fully saturated rings. The Labute approximate surface area is 94.2 Å². The van der Waals surface area contributed by atoms with Gasteiger partial charge in [0.15, 0.2) is 0 Å². The minimum atomic E-state index is -3.74. The lowest BCUT2D eigenvalue weighted by Crippen LogP contribution is -2.18. The molecule has 0 aliphatic rings. The third-order valence-electron chi connectivity index (χ3n) is 2.07. The molecule has 0 N–H and O–H groups in total. The predicted octanol–water partition coefficient (Wildman–Crippen LogP) is 1.61. The normalized spacial score (nSPS) is 11.3. The van der Waals surface area contributed by atoms with Crippen molar-refractivity contribution in [1.29, 1.82) is 0 Å². The van der Waals surface area contributed by atoms with E-state index in [1.165, 1.54) is 24.5 Å². The molecular weight excluding hydrogens is 226 g/mol. The Bertz CT molecular complexity index is 556. The van der Waals surface area contributed by atoms with Crippen molar-refractivity contribution in [2.24, 2.45) is 0 Å². The van der Waals surface area contributed by atoms with Crippen molar-refractivity contribution in [3.63, 3.8) is 0 Å². The van der Waals surface area contributed by atoms with Crippen LogP contribution in [0.2, 0.25) is 0 Å². The summed E-state index contributed by atoms with van der Waals surface area (Å²) in [6, 6.07) is 9.87. The molecule has 0 amide bonds. The first-order valence-electron chi connectivity index (χ1n) is 4.72. The molecule has 0 unspecified atom stereocenters. The smallest absolute Gasteiger partial charge is 0.284 e. The Balaban J connectivity index is 2.29. The lowest BCUT2D eigenvalue weighted by atomic mass is 10.2. The van der Waals surface area contributed by atoms with Crippen LogP contribution in [0.15, 0.2) is 53.7 Å². The van der Waals surface area contributed by atoms with Gasteiger partial charge in [0.2, 0.25) is 0 Å². The van der Waals surface area contributed by atoms with Crippen LogP contribution in [0.25, 0.3) is 0 Å². The third kappa shape index (κ3) is 2.25. The second-order valence-corrected chi connectivity index (χ2v) is 4.91. The molecule has 4 nitrogen and oxygen atoms in total. The van der Waals surface area contributed by atoms with E-state index in [9.17, 15) is 8.42 Å². The van der Waals surface area contributed by atoms with Crippen LogP contribution in [0.1, 0.15) is 5.56 Å². The summed E-state index contributed by atoms with van der Waals surface area (Å²) in [5, 5.41) is 0. The molecule has 0 aliphatic heterocycles. The van der Waals surface area contributed by atoms with Crippen LogP contribution in [0.3, 0.4) is 0 Å². The molecule has 5 heteroatoms. The second kappa shape index (κ2) is 4.02. The SMILES string of the molecule is Cc1ccc(S(=O)(=O)On2cccc2)cc1. The number of hydrogen-bond donors (Lipinski definition) is 0. The molecule has 0 saturated heterocycles. The number of hydrogen-bond acceptors (Lipinski definition) is 3. The van der Waals surface area contributed by atoms with Gasteiger partial charge < -0.3 is 0 Å². The lowest BCUT2D eigenvalue weighted by molar-refractivity contribution is 0.280. The van der Waals surface area contributed by atoms with E-state index in [1.54, 1.807) is 24.3 Å². The standard InChI is InChI=1S/C11H11NO3S/c1-10-4-6-11(7-5-10)16(13,14)15-12-8-2-3-9-12/h2-9H,1H3. The zero-order valence-corrected chi connectivity index (χ0v) is 9.52. The summed E-state index contributed by atoms with van der Waals surface area (Å²) in [4.78, 5) is 0.145. The van der Waals surface area contributed by atoms with E-state index in [1.807, 2.05) is 6.92 Å². The molecule has 2 aromatic rings. The van der Waals surface area contributed by atoms with Gasteiger partial charge in [-0.3, -0.25) is 4.28 Å². The highest BCUT2D eigenvalue weighted by molar-refractivity contribution is 7.87. The Hall–Kier alpha value is -1.75. The minimum Gasteiger partial charge on any atom is -0.284 e. The van der Waals surface area contributed by atoms with E-state index in [4.69, 9.17) is 4.28 Å². The summed E-state index contributed by atoms with van der Waals surface area (Å²) in [5.74, 6) is 0. The Morgan fingerprint density at radius 3 is 2.19 bits per heavy atom. The van der Waals surface area contributed by atoms with Gasteiger partial charge in [0.1, 0.15) is 4.90 Å².